The molecule has 2 rings (SSSR count). The molecule has 0 aliphatic carbocycles. The summed E-state index contributed by atoms with van der Waals surface area (Å²) in [4.78, 5) is 15.9. The van der Waals surface area contributed by atoms with Crippen molar-refractivity contribution in [1.82, 2.24) is 4.98 Å². The number of Topliss-reactive ketones (excluding diaryl/α,β-unsaturated/α-hetero) is 1. The zero-order valence-corrected chi connectivity index (χ0v) is 10.1. The summed E-state index contributed by atoms with van der Waals surface area (Å²) in [6, 6.07) is 10.6. The second-order valence-corrected chi connectivity index (χ2v) is 4.28. The minimum Gasteiger partial charge on any atom is -0.292 e. The number of aromatic nitrogens is 1. The highest BCUT2D eigenvalue weighted by atomic mass is 19.4. The number of carbonyl (C=O) groups excluding carboxylic acids is 1. The maximum Gasteiger partial charge on any atom is 0.389 e. The average Bonchev–Trinajstić information content (AvgIpc) is 2.36. The van der Waals surface area contributed by atoms with E-state index in [-0.39, 0.29) is 24.3 Å². The van der Waals surface area contributed by atoms with Gasteiger partial charge in [-0.05, 0) is 18.6 Å². The third-order valence-electron chi connectivity index (χ3n) is 2.75. The zero-order valence-electron chi connectivity index (χ0n) is 10.1. The van der Waals surface area contributed by atoms with Gasteiger partial charge in [0.15, 0.2) is 5.78 Å². The van der Waals surface area contributed by atoms with Crippen LogP contribution in [0.5, 0.6) is 0 Å². The lowest BCUT2D eigenvalue weighted by atomic mass is 10.1. The highest BCUT2D eigenvalue weighted by molar-refractivity contribution is 5.96. The largest absolute Gasteiger partial charge is 0.389 e. The van der Waals surface area contributed by atoms with Gasteiger partial charge in [-0.25, -0.2) is 4.98 Å². The number of nitrogens with zero attached hydrogens (tertiary/aromatic N) is 1. The number of pyridine rings is 1. The first kappa shape index (κ1) is 13.5. The molecule has 0 fully saturated rings. The summed E-state index contributed by atoms with van der Waals surface area (Å²) < 4.78 is 36.0. The van der Waals surface area contributed by atoms with Crippen LogP contribution in [0.3, 0.4) is 0 Å². The van der Waals surface area contributed by atoms with Crippen LogP contribution in [0.2, 0.25) is 0 Å². The maximum atomic E-state index is 12.0. The summed E-state index contributed by atoms with van der Waals surface area (Å²) >= 11 is 0. The number of rotatable bonds is 4. The van der Waals surface area contributed by atoms with Crippen molar-refractivity contribution in [3.05, 3.63) is 42.1 Å². The Balaban J connectivity index is 2.05. The number of carbonyl (C=O) groups is 1. The first-order valence-corrected chi connectivity index (χ1v) is 5.91. The molecule has 0 N–H and O–H groups in total. The monoisotopic (exact) mass is 267 g/mol. The fraction of sp³-hybridized carbons (Fsp3) is 0.286. The van der Waals surface area contributed by atoms with Crippen LogP contribution in [-0.4, -0.2) is 16.9 Å². The van der Waals surface area contributed by atoms with Gasteiger partial charge in [0.1, 0.15) is 5.69 Å². The van der Waals surface area contributed by atoms with Gasteiger partial charge in [0.25, 0.3) is 0 Å². The number of para-hydroxylation sites is 1. The predicted molar refractivity (Wildman–Crippen MR) is 66.0 cm³/mol. The Morgan fingerprint density at radius 3 is 2.58 bits per heavy atom. The van der Waals surface area contributed by atoms with E-state index in [0.29, 0.717) is 5.52 Å². The second-order valence-electron chi connectivity index (χ2n) is 4.28. The van der Waals surface area contributed by atoms with Crippen LogP contribution in [0.15, 0.2) is 36.4 Å². The second kappa shape index (κ2) is 5.38. The van der Waals surface area contributed by atoms with Crippen molar-refractivity contribution in [3.63, 3.8) is 0 Å². The number of hydrogen-bond donors (Lipinski definition) is 0. The van der Waals surface area contributed by atoms with Crippen LogP contribution in [0, 0.1) is 0 Å². The molecule has 0 saturated carbocycles. The van der Waals surface area contributed by atoms with Gasteiger partial charge in [0.05, 0.1) is 5.52 Å². The maximum absolute atomic E-state index is 12.0. The molecular weight excluding hydrogens is 255 g/mol. The van der Waals surface area contributed by atoms with Gasteiger partial charge in [-0.1, -0.05) is 24.3 Å². The number of hydrogen-bond acceptors (Lipinski definition) is 2. The fourth-order valence-corrected chi connectivity index (χ4v) is 1.80. The fourth-order valence-electron chi connectivity index (χ4n) is 1.80. The van der Waals surface area contributed by atoms with Crippen molar-refractivity contribution in [1.29, 1.82) is 0 Å². The van der Waals surface area contributed by atoms with Gasteiger partial charge in [-0.2, -0.15) is 13.2 Å². The summed E-state index contributed by atoms with van der Waals surface area (Å²) in [5.74, 6) is -0.352. The minimum atomic E-state index is -4.21. The third kappa shape index (κ3) is 3.77. The van der Waals surface area contributed by atoms with E-state index in [4.69, 9.17) is 0 Å². The number of alkyl halides is 3. The van der Waals surface area contributed by atoms with Crippen LogP contribution in [0.25, 0.3) is 10.9 Å². The molecule has 2 aromatic rings. The highest BCUT2D eigenvalue weighted by Gasteiger charge is 2.26. The molecule has 1 heterocycles. The molecule has 0 spiro atoms. The van der Waals surface area contributed by atoms with Crippen molar-refractivity contribution in [2.75, 3.05) is 0 Å². The topological polar surface area (TPSA) is 30.0 Å². The molecule has 100 valence electrons. The summed E-state index contributed by atoms with van der Waals surface area (Å²) in [6.45, 7) is 0. The smallest absolute Gasteiger partial charge is 0.292 e. The van der Waals surface area contributed by atoms with Crippen molar-refractivity contribution in [2.45, 2.75) is 25.4 Å². The summed E-state index contributed by atoms with van der Waals surface area (Å²) in [7, 11) is 0. The quantitative estimate of drug-likeness (QED) is 0.779. The normalized spacial score (nSPS) is 11.7. The molecule has 2 nitrogen and oxygen atoms in total. The molecule has 19 heavy (non-hydrogen) atoms. The van der Waals surface area contributed by atoms with Gasteiger partial charge in [-0.3, -0.25) is 4.79 Å². The van der Waals surface area contributed by atoms with Crippen LogP contribution in [0.1, 0.15) is 29.8 Å². The molecule has 0 unspecified atom stereocenters. The van der Waals surface area contributed by atoms with Crippen molar-refractivity contribution in [2.24, 2.45) is 0 Å². The highest BCUT2D eigenvalue weighted by Crippen LogP contribution is 2.23. The lowest BCUT2D eigenvalue weighted by Gasteiger charge is -2.05. The molecular formula is C14H12F3NO. The van der Waals surface area contributed by atoms with E-state index in [1.807, 2.05) is 12.1 Å². The Hall–Kier alpha value is -1.91. The molecule has 0 radical (unpaired) electrons. The first-order valence-electron chi connectivity index (χ1n) is 5.91. The molecule has 0 atom stereocenters. The van der Waals surface area contributed by atoms with Crippen LogP contribution < -0.4 is 0 Å². The summed E-state index contributed by atoms with van der Waals surface area (Å²) in [5, 5.41) is 0.898. The van der Waals surface area contributed by atoms with E-state index in [2.05, 4.69) is 4.98 Å². The van der Waals surface area contributed by atoms with E-state index < -0.39 is 12.6 Å². The SMILES string of the molecule is O=C(CCCC(F)(F)F)c1ccc2ccccc2n1. The van der Waals surface area contributed by atoms with Crippen molar-refractivity contribution in [3.8, 4) is 0 Å². The minimum absolute atomic E-state index is 0.134. The first-order chi connectivity index (χ1) is 8.96. The Labute approximate surface area is 108 Å². The molecule has 1 aromatic heterocycles. The Morgan fingerprint density at radius 1 is 1.11 bits per heavy atom. The van der Waals surface area contributed by atoms with Crippen LogP contribution >= 0.6 is 0 Å². The van der Waals surface area contributed by atoms with Gasteiger partial charge >= 0.3 is 6.18 Å². The van der Waals surface area contributed by atoms with Crippen molar-refractivity contribution >= 4 is 16.7 Å². The summed E-state index contributed by atoms with van der Waals surface area (Å²) in [5.41, 5.74) is 0.894. The van der Waals surface area contributed by atoms with E-state index >= 15 is 0 Å². The number of fused-ring (bicyclic) bond motifs is 1. The Bertz CT molecular complexity index is 593. The molecule has 5 heteroatoms. The van der Waals surface area contributed by atoms with E-state index in [1.165, 1.54) is 0 Å². The van der Waals surface area contributed by atoms with Crippen LogP contribution in [0.4, 0.5) is 13.2 Å². The van der Waals surface area contributed by atoms with E-state index in [9.17, 15) is 18.0 Å². The van der Waals surface area contributed by atoms with E-state index in [1.54, 1.807) is 24.3 Å². The number of ketones is 1. The molecule has 0 aliphatic heterocycles. The van der Waals surface area contributed by atoms with Crippen LogP contribution in [-0.2, 0) is 0 Å². The van der Waals surface area contributed by atoms with E-state index in [0.717, 1.165) is 5.39 Å². The van der Waals surface area contributed by atoms with Crippen molar-refractivity contribution < 1.29 is 18.0 Å². The Kier molecular flexibility index (Phi) is 3.83. The summed E-state index contributed by atoms with van der Waals surface area (Å²) in [6.07, 6.45) is -5.48. The lowest BCUT2D eigenvalue weighted by molar-refractivity contribution is -0.135. The predicted octanol–water partition coefficient (Wildman–Crippen LogP) is 4.15. The van der Waals surface area contributed by atoms with Gasteiger partial charge in [0, 0.05) is 18.2 Å². The van der Waals surface area contributed by atoms with Gasteiger partial charge in [0.2, 0.25) is 0 Å². The lowest BCUT2D eigenvalue weighted by Crippen LogP contribution is -2.09. The van der Waals surface area contributed by atoms with Gasteiger partial charge < -0.3 is 0 Å². The zero-order chi connectivity index (χ0) is 13.9. The Morgan fingerprint density at radius 2 is 1.84 bits per heavy atom. The molecule has 0 aliphatic rings. The standard InChI is InChI=1S/C14H12F3NO/c15-14(16,17)9-3-6-13(19)12-8-7-10-4-1-2-5-11(10)18-12/h1-2,4-5,7-8H,3,6,9H2. The van der Waals surface area contributed by atoms with Gasteiger partial charge in [-0.15, -0.1) is 0 Å². The number of halogens is 3. The molecule has 0 amide bonds. The third-order valence-corrected chi connectivity index (χ3v) is 2.75. The number of benzene rings is 1. The molecule has 1 aromatic carbocycles. The molecule has 0 bridgehead atoms. The average molecular weight is 267 g/mol. The molecule has 0 saturated heterocycles.